The van der Waals surface area contributed by atoms with Crippen molar-refractivity contribution in [3.8, 4) is 0 Å². The molecule has 0 aromatic heterocycles. The van der Waals surface area contributed by atoms with Gasteiger partial charge in [-0.1, -0.05) is 0 Å². The van der Waals surface area contributed by atoms with Gasteiger partial charge in [-0.15, -0.1) is 0 Å². The van der Waals surface area contributed by atoms with E-state index in [1.807, 2.05) is 0 Å². The van der Waals surface area contributed by atoms with E-state index >= 15 is 0 Å². The number of hydrogen-bond donors (Lipinski definition) is 2. The number of nitrogens with zero attached hydrogens (tertiary/aromatic N) is 2. The molecule has 8 nitrogen and oxygen atoms in total. The summed E-state index contributed by atoms with van der Waals surface area (Å²) in [6.45, 7) is -0.521. The lowest BCUT2D eigenvalue weighted by atomic mass is 10.2. The van der Waals surface area contributed by atoms with E-state index in [9.17, 15) is 29.4 Å². The van der Waals surface area contributed by atoms with Crippen LogP contribution >= 0.6 is 31.9 Å². The molecule has 0 spiro atoms. The number of carbonyl (C=O) groups excluding carboxylic acids is 3. The van der Waals surface area contributed by atoms with E-state index in [1.165, 1.54) is 6.08 Å². The first kappa shape index (κ1) is 15.9. The van der Waals surface area contributed by atoms with Gasteiger partial charge in [0.05, 0.1) is 15.5 Å². The van der Waals surface area contributed by atoms with Crippen LogP contribution in [0.2, 0.25) is 0 Å². The number of carboxylic acids is 1. The second-order valence-electron chi connectivity index (χ2n) is 4.25. The molecular formula is C11H8Br2N2O6. The fourth-order valence-electron chi connectivity index (χ4n) is 1.95. The molecule has 0 aromatic carbocycles. The molecule has 21 heavy (non-hydrogen) atoms. The van der Waals surface area contributed by atoms with E-state index in [0.717, 1.165) is 11.0 Å². The Morgan fingerprint density at radius 2 is 1.86 bits per heavy atom. The third-order valence-corrected chi connectivity index (χ3v) is 4.13. The predicted molar refractivity (Wildman–Crippen MR) is 75.0 cm³/mol. The molecular weight excluding hydrogens is 416 g/mol. The lowest BCUT2D eigenvalue weighted by molar-refractivity contribution is -0.156. The number of carbonyl (C=O) groups is 4. The first-order chi connectivity index (χ1) is 9.73. The van der Waals surface area contributed by atoms with Crippen LogP contribution in [0.4, 0.5) is 0 Å². The third-order valence-electron chi connectivity index (χ3n) is 2.96. The van der Waals surface area contributed by atoms with Crippen molar-refractivity contribution >= 4 is 55.6 Å². The average Bonchev–Trinajstić information content (AvgIpc) is 2.77. The van der Waals surface area contributed by atoms with Gasteiger partial charge in [-0.3, -0.25) is 19.3 Å². The Hall–Kier alpha value is -1.52. The van der Waals surface area contributed by atoms with E-state index in [2.05, 4.69) is 31.9 Å². The molecule has 0 saturated carbocycles. The number of aliphatic hydroxyl groups excluding tert-OH is 1. The molecule has 2 atom stereocenters. The number of carboxylic acid groups (broad SMARTS) is 1. The molecule has 3 amide bonds. The lowest BCUT2D eigenvalue weighted by Gasteiger charge is -2.28. The second-order valence-corrected chi connectivity index (χ2v) is 5.95. The van der Waals surface area contributed by atoms with E-state index in [1.54, 1.807) is 0 Å². The van der Waals surface area contributed by atoms with Crippen molar-refractivity contribution < 1.29 is 29.4 Å². The summed E-state index contributed by atoms with van der Waals surface area (Å²) >= 11 is 5.78. The van der Waals surface area contributed by atoms with E-state index < -0.39 is 42.5 Å². The predicted octanol–water partition coefficient (Wildman–Crippen LogP) is -0.473. The van der Waals surface area contributed by atoms with Gasteiger partial charge in [0.2, 0.25) is 0 Å². The summed E-state index contributed by atoms with van der Waals surface area (Å²) in [5, 5.41) is 18.9. The van der Waals surface area contributed by atoms with Gasteiger partial charge in [-0.2, -0.15) is 0 Å². The zero-order chi connectivity index (χ0) is 15.9. The maximum atomic E-state index is 11.8. The van der Waals surface area contributed by atoms with Crippen molar-refractivity contribution in [3.05, 3.63) is 21.1 Å². The van der Waals surface area contributed by atoms with Crippen molar-refractivity contribution in [1.29, 1.82) is 0 Å². The summed E-state index contributed by atoms with van der Waals surface area (Å²) in [4.78, 5) is 48.0. The number of halogens is 2. The highest BCUT2D eigenvalue weighted by Crippen LogP contribution is 2.25. The SMILES string of the molecule is O=C(O)C(CN1C(=O)C(Br)=CC1O)N1C(=O)C=C(Br)C1=O. The number of hydrogen-bond acceptors (Lipinski definition) is 5. The monoisotopic (exact) mass is 422 g/mol. The second kappa shape index (κ2) is 5.70. The summed E-state index contributed by atoms with van der Waals surface area (Å²) in [6.07, 6.45) is 0.815. The summed E-state index contributed by atoms with van der Waals surface area (Å²) in [6, 6.07) is -1.60. The van der Waals surface area contributed by atoms with Gasteiger partial charge < -0.3 is 15.1 Å². The summed E-state index contributed by atoms with van der Waals surface area (Å²) < 4.78 is 0.0175. The quantitative estimate of drug-likeness (QED) is 0.590. The van der Waals surface area contributed by atoms with Crippen LogP contribution in [0.5, 0.6) is 0 Å². The zero-order valence-electron chi connectivity index (χ0n) is 10.2. The van der Waals surface area contributed by atoms with Crippen LogP contribution in [-0.2, 0) is 19.2 Å². The van der Waals surface area contributed by atoms with Crippen molar-refractivity contribution in [1.82, 2.24) is 9.80 Å². The van der Waals surface area contributed by atoms with Gasteiger partial charge in [-0.05, 0) is 37.9 Å². The highest BCUT2D eigenvalue weighted by atomic mass is 79.9. The number of aliphatic carboxylic acids is 1. The van der Waals surface area contributed by atoms with Gasteiger partial charge in [0.15, 0.2) is 6.04 Å². The minimum atomic E-state index is -1.60. The number of amides is 3. The number of rotatable bonds is 4. The Balaban J connectivity index is 2.23. The third kappa shape index (κ3) is 2.78. The van der Waals surface area contributed by atoms with Crippen molar-refractivity contribution in [2.75, 3.05) is 6.54 Å². The lowest BCUT2D eigenvalue weighted by Crippen LogP contribution is -2.53. The minimum Gasteiger partial charge on any atom is -0.480 e. The summed E-state index contributed by atoms with van der Waals surface area (Å²) in [5.41, 5.74) is 0. The van der Waals surface area contributed by atoms with E-state index in [-0.39, 0.29) is 8.96 Å². The van der Waals surface area contributed by atoms with Crippen LogP contribution in [0, 0.1) is 0 Å². The molecule has 2 rings (SSSR count). The maximum Gasteiger partial charge on any atom is 0.328 e. The van der Waals surface area contributed by atoms with Crippen LogP contribution in [0.3, 0.4) is 0 Å². The zero-order valence-corrected chi connectivity index (χ0v) is 13.4. The van der Waals surface area contributed by atoms with E-state index in [4.69, 9.17) is 0 Å². The Bertz CT molecular complexity index is 614. The standard InChI is InChI=1S/C11H8Br2N2O6/c12-4-1-7(16)14(9(4)18)3-6(11(20)21)15-8(17)2-5(13)10(15)19/h1-2,6-7,16H,3H2,(H,20,21). The van der Waals surface area contributed by atoms with Crippen LogP contribution in [0.1, 0.15) is 0 Å². The van der Waals surface area contributed by atoms with Crippen LogP contribution in [0.25, 0.3) is 0 Å². The molecule has 0 bridgehead atoms. The molecule has 0 radical (unpaired) electrons. The van der Waals surface area contributed by atoms with Crippen LogP contribution in [0.15, 0.2) is 21.1 Å². The summed E-state index contributed by atoms with van der Waals surface area (Å²) in [5.74, 6) is -3.69. The van der Waals surface area contributed by atoms with Crippen LogP contribution < -0.4 is 0 Å². The molecule has 0 fully saturated rings. The molecule has 2 unspecified atom stereocenters. The van der Waals surface area contributed by atoms with Crippen LogP contribution in [-0.4, -0.2) is 62.5 Å². The number of aliphatic hydroxyl groups is 1. The average molecular weight is 424 g/mol. The Morgan fingerprint density at radius 1 is 1.24 bits per heavy atom. The Kier molecular flexibility index (Phi) is 4.30. The fraction of sp³-hybridized carbons (Fsp3) is 0.273. The molecule has 2 heterocycles. The number of imide groups is 1. The van der Waals surface area contributed by atoms with Crippen molar-refractivity contribution in [2.45, 2.75) is 12.3 Å². The molecule has 2 N–H and O–H groups in total. The molecule has 0 aliphatic carbocycles. The van der Waals surface area contributed by atoms with Gasteiger partial charge >= 0.3 is 5.97 Å². The summed E-state index contributed by atoms with van der Waals surface area (Å²) in [7, 11) is 0. The Labute approximate surface area is 134 Å². The highest BCUT2D eigenvalue weighted by molar-refractivity contribution is 9.12. The maximum absolute atomic E-state index is 11.8. The molecule has 2 aliphatic heterocycles. The highest BCUT2D eigenvalue weighted by Gasteiger charge is 2.42. The minimum absolute atomic E-state index is 0.0636. The molecule has 10 heteroatoms. The normalized spacial score (nSPS) is 23.6. The fourth-order valence-corrected chi connectivity index (χ4v) is 2.80. The van der Waals surface area contributed by atoms with Crippen molar-refractivity contribution in [3.63, 3.8) is 0 Å². The largest absolute Gasteiger partial charge is 0.480 e. The topological polar surface area (TPSA) is 115 Å². The molecule has 2 aliphatic rings. The molecule has 0 aromatic rings. The van der Waals surface area contributed by atoms with Gasteiger partial charge in [0.1, 0.15) is 6.23 Å². The van der Waals surface area contributed by atoms with Gasteiger partial charge in [-0.25, -0.2) is 4.79 Å². The molecule has 0 saturated heterocycles. The van der Waals surface area contributed by atoms with Crippen molar-refractivity contribution in [2.24, 2.45) is 0 Å². The first-order valence-electron chi connectivity index (χ1n) is 5.58. The smallest absolute Gasteiger partial charge is 0.328 e. The van der Waals surface area contributed by atoms with Gasteiger partial charge in [0.25, 0.3) is 17.7 Å². The Morgan fingerprint density at radius 3 is 2.24 bits per heavy atom. The van der Waals surface area contributed by atoms with Gasteiger partial charge in [0, 0.05) is 6.08 Å². The first-order valence-corrected chi connectivity index (χ1v) is 7.16. The molecule has 112 valence electrons. The van der Waals surface area contributed by atoms with E-state index in [0.29, 0.717) is 4.90 Å².